The molecule has 0 N–H and O–H groups in total. The topological polar surface area (TPSA) is 29.5 Å². The minimum atomic E-state index is -0.232. The highest BCUT2D eigenvalue weighted by molar-refractivity contribution is 8.76. The van der Waals surface area contributed by atoms with Crippen LogP contribution in [0.3, 0.4) is 0 Å². The van der Waals surface area contributed by atoms with Gasteiger partial charge in [-0.15, -0.1) is 0 Å². The Balaban J connectivity index is 2.53. The molecule has 1 aromatic carbocycles. The number of carbonyl (C=O) groups is 1. The van der Waals surface area contributed by atoms with Crippen LogP contribution >= 0.6 is 21.6 Å². The van der Waals surface area contributed by atoms with Crippen LogP contribution in [0.2, 0.25) is 0 Å². The molecule has 1 rings (SSSR count). The second-order valence-corrected chi connectivity index (χ2v) is 6.35. The molecule has 3 nitrogen and oxygen atoms in total. The molecule has 0 aliphatic rings. The Kier molecular flexibility index (Phi) is 8.02. The summed E-state index contributed by atoms with van der Waals surface area (Å²) in [6.45, 7) is 7.40. The molecule has 5 heteroatoms. The minimum absolute atomic E-state index is 0.232. The summed E-state index contributed by atoms with van der Waals surface area (Å²) in [5.41, 5.74) is 0.654. The highest BCUT2D eigenvalue weighted by Crippen LogP contribution is 2.31. The number of carbonyl (C=O) groups excluding carboxylic acids is 1. The van der Waals surface area contributed by atoms with Gasteiger partial charge < -0.3 is 9.64 Å². The van der Waals surface area contributed by atoms with Gasteiger partial charge in [-0.05, 0) is 31.5 Å². The van der Waals surface area contributed by atoms with Gasteiger partial charge in [-0.2, -0.15) is 0 Å². The fourth-order valence-corrected chi connectivity index (χ4v) is 3.21. The number of likely N-dealkylation sites (N-methyl/N-ethyl adjacent to an activating group) is 1. The van der Waals surface area contributed by atoms with Gasteiger partial charge in [0.25, 0.3) is 0 Å². The van der Waals surface area contributed by atoms with E-state index in [4.69, 9.17) is 4.74 Å². The fourth-order valence-electron chi connectivity index (χ4n) is 1.68. The second kappa shape index (κ2) is 9.28. The Morgan fingerprint density at radius 3 is 2.58 bits per heavy atom. The summed E-state index contributed by atoms with van der Waals surface area (Å²) in [5.74, 6) is -0.232. The quantitative estimate of drug-likeness (QED) is 0.541. The molecule has 0 fully saturated rings. The van der Waals surface area contributed by atoms with E-state index < -0.39 is 0 Å². The van der Waals surface area contributed by atoms with Crippen molar-refractivity contribution in [1.29, 1.82) is 0 Å². The normalized spacial score (nSPS) is 10.7. The monoisotopic (exact) mass is 299 g/mol. The van der Waals surface area contributed by atoms with E-state index in [1.54, 1.807) is 21.6 Å². The lowest BCUT2D eigenvalue weighted by Gasteiger charge is -2.17. The third-order valence-electron chi connectivity index (χ3n) is 2.82. The molecule has 0 heterocycles. The van der Waals surface area contributed by atoms with Gasteiger partial charge in [0, 0.05) is 11.4 Å². The molecule has 106 valence electrons. The molecule has 19 heavy (non-hydrogen) atoms. The van der Waals surface area contributed by atoms with Crippen molar-refractivity contribution < 1.29 is 9.53 Å². The van der Waals surface area contributed by atoms with E-state index in [0.29, 0.717) is 12.2 Å². The number of ether oxygens (including phenoxy) is 1. The van der Waals surface area contributed by atoms with Crippen LogP contribution in [0.1, 0.15) is 24.2 Å². The molecular weight excluding hydrogens is 278 g/mol. The number of hydrogen-bond donors (Lipinski definition) is 0. The summed E-state index contributed by atoms with van der Waals surface area (Å²) in [6.07, 6.45) is 1.99. The van der Waals surface area contributed by atoms with Crippen LogP contribution in [0, 0.1) is 0 Å². The van der Waals surface area contributed by atoms with Crippen LogP contribution in [-0.4, -0.2) is 43.4 Å². The van der Waals surface area contributed by atoms with Crippen molar-refractivity contribution in [1.82, 2.24) is 4.90 Å². The lowest BCUT2D eigenvalue weighted by Crippen LogP contribution is -2.28. The van der Waals surface area contributed by atoms with Gasteiger partial charge in [0.2, 0.25) is 0 Å². The van der Waals surface area contributed by atoms with Crippen molar-refractivity contribution in [2.75, 3.05) is 32.5 Å². The van der Waals surface area contributed by atoms with Gasteiger partial charge in [0.15, 0.2) is 0 Å². The summed E-state index contributed by atoms with van der Waals surface area (Å²) >= 11 is 0. The number of esters is 1. The van der Waals surface area contributed by atoms with E-state index in [1.165, 1.54) is 0 Å². The van der Waals surface area contributed by atoms with Crippen molar-refractivity contribution in [3.05, 3.63) is 29.8 Å². The third-order valence-corrected chi connectivity index (χ3v) is 4.56. The van der Waals surface area contributed by atoms with E-state index in [-0.39, 0.29) is 5.97 Å². The van der Waals surface area contributed by atoms with Gasteiger partial charge in [-0.1, -0.05) is 47.6 Å². The molecule has 0 atom stereocenters. The summed E-state index contributed by atoms with van der Waals surface area (Å²) in [7, 11) is 3.21. The SMILES string of the molecule is CCN(CC)CCOC(=O)c1ccccc1SSC. The van der Waals surface area contributed by atoms with Crippen LogP contribution in [-0.2, 0) is 4.74 Å². The molecule has 1 aromatic rings. The lowest BCUT2D eigenvalue weighted by molar-refractivity contribution is 0.0462. The molecule has 0 aromatic heterocycles. The zero-order valence-electron chi connectivity index (χ0n) is 11.7. The van der Waals surface area contributed by atoms with E-state index in [2.05, 4.69) is 18.7 Å². The number of nitrogens with zero attached hydrogens (tertiary/aromatic N) is 1. The van der Waals surface area contributed by atoms with Crippen molar-refractivity contribution >= 4 is 27.6 Å². The minimum Gasteiger partial charge on any atom is -0.461 e. The van der Waals surface area contributed by atoms with Crippen LogP contribution in [0.15, 0.2) is 29.2 Å². The first-order valence-electron chi connectivity index (χ1n) is 6.42. The summed E-state index contributed by atoms with van der Waals surface area (Å²) in [4.78, 5) is 15.2. The molecule has 0 spiro atoms. The maximum atomic E-state index is 12.0. The third kappa shape index (κ3) is 5.47. The van der Waals surface area contributed by atoms with Crippen molar-refractivity contribution in [2.24, 2.45) is 0 Å². The Bertz CT molecular complexity index is 395. The molecule has 0 saturated carbocycles. The van der Waals surface area contributed by atoms with Gasteiger partial charge in [0.1, 0.15) is 6.61 Å². The fraction of sp³-hybridized carbons (Fsp3) is 0.500. The standard InChI is InChI=1S/C14H21NO2S2/c1-4-15(5-2)10-11-17-14(16)12-8-6-7-9-13(12)19-18-3/h6-9H,4-5,10-11H2,1-3H3. The highest BCUT2D eigenvalue weighted by atomic mass is 33.1. The summed E-state index contributed by atoms with van der Waals surface area (Å²) < 4.78 is 5.35. The van der Waals surface area contributed by atoms with Gasteiger partial charge in [-0.3, -0.25) is 0 Å². The Morgan fingerprint density at radius 2 is 1.95 bits per heavy atom. The zero-order chi connectivity index (χ0) is 14.1. The van der Waals surface area contributed by atoms with Crippen LogP contribution in [0.4, 0.5) is 0 Å². The molecule has 0 saturated heterocycles. The highest BCUT2D eigenvalue weighted by Gasteiger charge is 2.12. The average molecular weight is 299 g/mol. The molecule has 0 aliphatic carbocycles. The lowest BCUT2D eigenvalue weighted by atomic mass is 10.2. The second-order valence-electron chi connectivity index (χ2n) is 3.91. The molecular formula is C14H21NO2S2. The van der Waals surface area contributed by atoms with Gasteiger partial charge in [-0.25, -0.2) is 4.79 Å². The average Bonchev–Trinajstić information content (AvgIpc) is 2.44. The first kappa shape index (κ1) is 16.4. The van der Waals surface area contributed by atoms with E-state index in [1.807, 2.05) is 30.5 Å². The Labute approximate surface area is 123 Å². The maximum Gasteiger partial charge on any atom is 0.339 e. The van der Waals surface area contributed by atoms with Crippen molar-refractivity contribution in [3.63, 3.8) is 0 Å². The smallest absolute Gasteiger partial charge is 0.339 e. The van der Waals surface area contributed by atoms with E-state index in [9.17, 15) is 4.79 Å². The summed E-state index contributed by atoms with van der Waals surface area (Å²) in [5, 5.41) is 0. The Hall–Kier alpha value is -0.650. The maximum absolute atomic E-state index is 12.0. The molecule has 0 aliphatic heterocycles. The number of rotatable bonds is 8. The van der Waals surface area contributed by atoms with E-state index >= 15 is 0 Å². The van der Waals surface area contributed by atoms with Gasteiger partial charge >= 0.3 is 5.97 Å². The zero-order valence-corrected chi connectivity index (χ0v) is 13.4. The van der Waals surface area contributed by atoms with Crippen LogP contribution in [0.5, 0.6) is 0 Å². The Morgan fingerprint density at radius 1 is 1.26 bits per heavy atom. The molecule has 0 bridgehead atoms. The van der Waals surface area contributed by atoms with Crippen LogP contribution < -0.4 is 0 Å². The van der Waals surface area contributed by atoms with Crippen molar-refractivity contribution in [3.8, 4) is 0 Å². The van der Waals surface area contributed by atoms with Crippen LogP contribution in [0.25, 0.3) is 0 Å². The number of benzene rings is 1. The molecule has 0 radical (unpaired) electrons. The first-order chi connectivity index (χ1) is 9.22. The van der Waals surface area contributed by atoms with E-state index in [0.717, 1.165) is 24.5 Å². The molecule has 0 amide bonds. The van der Waals surface area contributed by atoms with Gasteiger partial charge in [0.05, 0.1) is 5.56 Å². The summed E-state index contributed by atoms with van der Waals surface area (Å²) in [6, 6.07) is 7.57. The molecule has 0 unspecified atom stereocenters. The first-order valence-corrected chi connectivity index (χ1v) is 8.97. The largest absolute Gasteiger partial charge is 0.461 e. The predicted octanol–water partition coefficient (Wildman–Crippen LogP) is 3.56. The number of hydrogen-bond acceptors (Lipinski definition) is 5. The predicted molar refractivity (Wildman–Crippen MR) is 83.9 cm³/mol. The van der Waals surface area contributed by atoms with Crippen molar-refractivity contribution in [2.45, 2.75) is 18.7 Å².